The lowest BCUT2D eigenvalue weighted by atomic mass is 10.3. The maximum atomic E-state index is 11.1. The van der Waals surface area contributed by atoms with Crippen molar-refractivity contribution < 1.29 is 4.79 Å². The van der Waals surface area contributed by atoms with Crippen LogP contribution in [0, 0.1) is 0 Å². The molecule has 0 aliphatic heterocycles. The summed E-state index contributed by atoms with van der Waals surface area (Å²) in [6, 6.07) is 5.44. The molecule has 0 aromatic carbocycles. The second-order valence-electron chi connectivity index (χ2n) is 2.79. The Labute approximate surface area is 85.5 Å². The van der Waals surface area contributed by atoms with E-state index in [4.69, 9.17) is 0 Å². The molecule has 0 saturated heterocycles. The normalized spacial score (nSPS) is 10.1. The summed E-state index contributed by atoms with van der Waals surface area (Å²) < 4.78 is 0. The molecule has 3 nitrogen and oxygen atoms in total. The zero-order valence-corrected chi connectivity index (χ0v) is 8.41. The molecule has 4 heteroatoms. The number of Topliss-reactive ketones (excluding diaryl/α,β-unsaturated/α-hetero) is 1. The van der Waals surface area contributed by atoms with Gasteiger partial charge in [0.1, 0.15) is 0 Å². The Bertz CT molecular complexity index is 450. The highest BCUT2D eigenvalue weighted by molar-refractivity contribution is 7.17. The molecule has 0 saturated carbocycles. The summed E-state index contributed by atoms with van der Waals surface area (Å²) in [5.74, 6) is 0.752. The molecule has 0 aliphatic carbocycles. The molecule has 0 aliphatic rings. The molecule has 0 amide bonds. The van der Waals surface area contributed by atoms with E-state index in [2.05, 4.69) is 9.97 Å². The molecule has 0 bridgehead atoms. The SMILES string of the molecule is CC(=O)c1ccc(-c2ncccn2)s1. The first-order valence-corrected chi connectivity index (χ1v) is 4.97. The molecular formula is C10H8N2OS. The number of hydrogen-bond acceptors (Lipinski definition) is 4. The van der Waals surface area contributed by atoms with Gasteiger partial charge >= 0.3 is 0 Å². The first kappa shape index (κ1) is 9.02. The van der Waals surface area contributed by atoms with E-state index in [-0.39, 0.29) is 5.78 Å². The second kappa shape index (κ2) is 3.67. The predicted molar refractivity (Wildman–Crippen MR) is 55.3 cm³/mol. The van der Waals surface area contributed by atoms with Crippen LogP contribution in [0.3, 0.4) is 0 Å². The zero-order chi connectivity index (χ0) is 9.97. The van der Waals surface area contributed by atoms with Crippen molar-refractivity contribution in [3.05, 3.63) is 35.5 Å². The molecule has 2 rings (SSSR count). The van der Waals surface area contributed by atoms with Crippen LogP contribution in [-0.2, 0) is 0 Å². The molecule has 0 unspecified atom stereocenters. The van der Waals surface area contributed by atoms with Crippen LogP contribution >= 0.6 is 11.3 Å². The summed E-state index contributed by atoms with van der Waals surface area (Å²) in [6.07, 6.45) is 3.38. The topological polar surface area (TPSA) is 42.9 Å². The number of ketones is 1. The third-order valence-corrected chi connectivity index (χ3v) is 2.92. The maximum absolute atomic E-state index is 11.1. The highest BCUT2D eigenvalue weighted by Crippen LogP contribution is 2.24. The minimum absolute atomic E-state index is 0.0807. The Hall–Kier alpha value is -1.55. The molecule has 70 valence electrons. The van der Waals surface area contributed by atoms with Gasteiger partial charge in [-0.05, 0) is 25.1 Å². The van der Waals surface area contributed by atoms with Crippen LogP contribution in [0.5, 0.6) is 0 Å². The van der Waals surface area contributed by atoms with E-state index < -0.39 is 0 Å². The molecule has 0 atom stereocenters. The van der Waals surface area contributed by atoms with Crippen LogP contribution in [0.4, 0.5) is 0 Å². The molecule has 2 heterocycles. The molecule has 0 spiro atoms. The van der Waals surface area contributed by atoms with E-state index >= 15 is 0 Å². The van der Waals surface area contributed by atoms with Crippen LogP contribution in [0.15, 0.2) is 30.6 Å². The summed E-state index contributed by atoms with van der Waals surface area (Å²) in [4.78, 5) is 20.9. The van der Waals surface area contributed by atoms with Gasteiger partial charge in [0.15, 0.2) is 11.6 Å². The van der Waals surface area contributed by atoms with Crippen LogP contribution in [0.2, 0.25) is 0 Å². The number of carbonyl (C=O) groups excluding carboxylic acids is 1. The van der Waals surface area contributed by atoms with Gasteiger partial charge in [0, 0.05) is 12.4 Å². The Morgan fingerprint density at radius 2 is 2.00 bits per heavy atom. The standard InChI is InChI=1S/C10H8N2OS/c1-7(13)8-3-4-9(14-8)10-11-5-2-6-12-10/h2-6H,1H3. The highest BCUT2D eigenvalue weighted by atomic mass is 32.1. The number of carbonyl (C=O) groups is 1. The van der Waals surface area contributed by atoms with Crippen molar-refractivity contribution in [2.45, 2.75) is 6.92 Å². The lowest BCUT2D eigenvalue weighted by Gasteiger charge is -1.91. The van der Waals surface area contributed by atoms with Crippen LogP contribution in [-0.4, -0.2) is 15.8 Å². The Balaban J connectivity index is 2.39. The summed E-state index contributed by atoms with van der Waals surface area (Å²) in [5.41, 5.74) is 0. The summed E-state index contributed by atoms with van der Waals surface area (Å²) in [6.45, 7) is 1.56. The lowest BCUT2D eigenvalue weighted by molar-refractivity contribution is 0.102. The number of nitrogens with zero attached hydrogens (tertiary/aromatic N) is 2. The van der Waals surface area contributed by atoms with Gasteiger partial charge in [0.25, 0.3) is 0 Å². The number of hydrogen-bond donors (Lipinski definition) is 0. The molecule has 0 N–H and O–H groups in total. The van der Waals surface area contributed by atoms with Crippen molar-refractivity contribution in [2.24, 2.45) is 0 Å². The monoisotopic (exact) mass is 204 g/mol. The third-order valence-electron chi connectivity index (χ3n) is 1.74. The van der Waals surface area contributed by atoms with Crippen LogP contribution in [0.25, 0.3) is 10.7 Å². The van der Waals surface area contributed by atoms with Crippen molar-refractivity contribution in [1.82, 2.24) is 9.97 Å². The average molecular weight is 204 g/mol. The minimum Gasteiger partial charge on any atom is -0.294 e. The Morgan fingerprint density at radius 1 is 1.29 bits per heavy atom. The molecule has 14 heavy (non-hydrogen) atoms. The summed E-state index contributed by atoms with van der Waals surface area (Å²) in [7, 11) is 0. The Morgan fingerprint density at radius 3 is 2.57 bits per heavy atom. The van der Waals surface area contributed by atoms with Gasteiger partial charge in [-0.1, -0.05) is 0 Å². The van der Waals surface area contributed by atoms with Crippen LogP contribution in [0.1, 0.15) is 16.6 Å². The van der Waals surface area contributed by atoms with E-state index in [0.717, 1.165) is 9.75 Å². The largest absolute Gasteiger partial charge is 0.294 e. The molecular weight excluding hydrogens is 196 g/mol. The first-order valence-electron chi connectivity index (χ1n) is 4.15. The van der Waals surface area contributed by atoms with Crippen molar-refractivity contribution in [3.63, 3.8) is 0 Å². The van der Waals surface area contributed by atoms with Crippen molar-refractivity contribution in [1.29, 1.82) is 0 Å². The van der Waals surface area contributed by atoms with Gasteiger partial charge < -0.3 is 0 Å². The number of aromatic nitrogens is 2. The number of rotatable bonds is 2. The second-order valence-corrected chi connectivity index (χ2v) is 3.88. The third kappa shape index (κ3) is 1.70. The van der Waals surface area contributed by atoms with Crippen molar-refractivity contribution in [2.75, 3.05) is 0 Å². The van der Waals surface area contributed by atoms with E-state index in [9.17, 15) is 4.79 Å². The fraction of sp³-hybridized carbons (Fsp3) is 0.100. The smallest absolute Gasteiger partial charge is 0.169 e. The van der Waals surface area contributed by atoms with Gasteiger partial charge in [-0.15, -0.1) is 11.3 Å². The lowest BCUT2D eigenvalue weighted by Crippen LogP contribution is -1.84. The van der Waals surface area contributed by atoms with E-state index in [1.807, 2.05) is 6.07 Å². The summed E-state index contributed by atoms with van der Waals surface area (Å²) >= 11 is 1.42. The molecule has 2 aromatic heterocycles. The van der Waals surface area contributed by atoms with Gasteiger partial charge in [0.05, 0.1) is 9.75 Å². The molecule has 0 fully saturated rings. The molecule has 2 aromatic rings. The number of thiophene rings is 1. The van der Waals surface area contributed by atoms with Gasteiger partial charge in [-0.25, -0.2) is 9.97 Å². The van der Waals surface area contributed by atoms with E-state index in [1.54, 1.807) is 31.5 Å². The van der Waals surface area contributed by atoms with E-state index in [0.29, 0.717) is 5.82 Å². The van der Waals surface area contributed by atoms with Gasteiger partial charge in [0.2, 0.25) is 0 Å². The minimum atomic E-state index is 0.0807. The molecule has 0 radical (unpaired) electrons. The average Bonchev–Trinajstić information content (AvgIpc) is 2.68. The first-order chi connectivity index (χ1) is 6.77. The summed E-state index contributed by atoms with van der Waals surface area (Å²) in [5, 5.41) is 0. The fourth-order valence-electron chi connectivity index (χ4n) is 1.07. The maximum Gasteiger partial charge on any atom is 0.169 e. The zero-order valence-electron chi connectivity index (χ0n) is 7.60. The fourth-order valence-corrected chi connectivity index (χ4v) is 1.92. The quantitative estimate of drug-likeness (QED) is 0.705. The van der Waals surface area contributed by atoms with Crippen LogP contribution < -0.4 is 0 Å². The Kier molecular flexibility index (Phi) is 2.37. The predicted octanol–water partition coefficient (Wildman–Crippen LogP) is 2.41. The highest BCUT2D eigenvalue weighted by Gasteiger charge is 2.06. The van der Waals surface area contributed by atoms with E-state index in [1.165, 1.54) is 11.3 Å². The van der Waals surface area contributed by atoms with Gasteiger partial charge in [-0.3, -0.25) is 4.79 Å². The van der Waals surface area contributed by atoms with Gasteiger partial charge in [-0.2, -0.15) is 0 Å². The van der Waals surface area contributed by atoms with Crippen molar-refractivity contribution in [3.8, 4) is 10.7 Å². The van der Waals surface area contributed by atoms with Crippen molar-refractivity contribution >= 4 is 17.1 Å².